The molecule has 4 rings (SSSR count). The van der Waals surface area contributed by atoms with Crippen LogP contribution in [-0.2, 0) is 0 Å². The largest absolute Gasteiger partial charge is 0.289 e. The number of nitro benzene ring substituents is 1. The minimum absolute atomic E-state index is 0.0390. The first-order valence-corrected chi connectivity index (χ1v) is 7.72. The van der Waals surface area contributed by atoms with Crippen LogP contribution in [0.4, 0.5) is 5.69 Å². The lowest BCUT2D eigenvalue weighted by molar-refractivity contribution is -0.384. The van der Waals surface area contributed by atoms with Crippen molar-refractivity contribution >= 4 is 27.4 Å². The van der Waals surface area contributed by atoms with Gasteiger partial charge in [0.2, 0.25) is 0 Å². The van der Waals surface area contributed by atoms with Crippen molar-refractivity contribution in [3.8, 4) is 11.3 Å². The van der Waals surface area contributed by atoms with Crippen molar-refractivity contribution in [1.29, 1.82) is 0 Å². The second-order valence-corrected chi connectivity index (χ2v) is 5.63. The van der Waals surface area contributed by atoms with E-state index in [2.05, 4.69) is 4.98 Å². The molecule has 0 N–H and O–H groups in total. The van der Waals surface area contributed by atoms with Crippen molar-refractivity contribution in [1.82, 2.24) is 4.98 Å². The van der Waals surface area contributed by atoms with E-state index in [0.29, 0.717) is 32.9 Å². The zero-order valence-corrected chi connectivity index (χ0v) is 13.0. The quantitative estimate of drug-likeness (QED) is 0.406. The van der Waals surface area contributed by atoms with Gasteiger partial charge in [-0.3, -0.25) is 14.9 Å². The molecule has 0 amide bonds. The summed E-state index contributed by atoms with van der Waals surface area (Å²) >= 11 is 0. The molecule has 1 aromatic heterocycles. The maximum absolute atomic E-state index is 12.9. The summed E-state index contributed by atoms with van der Waals surface area (Å²) in [6, 6.07) is 20.6. The number of hydrogen-bond donors (Lipinski definition) is 0. The van der Waals surface area contributed by atoms with Gasteiger partial charge in [0.1, 0.15) is 0 Å². The Morgan fingerprint density at radius 1 is 0.760 bits per heavy atom. The predicted octanol–water partition coefficient (Wildman–Crippen LogP) is 4.32. The molecule has 0 spiro atoms. The van der Waals surface area contributed by atoms with Gasteiger partial charge in [-0.2, -0.15) is 0 Å². The third kappa shape index (κ3) is 2.42. The first kappa shape index (κ1) is 15.0. The van der Waals surface area contributed by atoms with Gasteiger partial charge in [0, 0.05) is 22.2 Å². The molecule has 0 aliphatic heterocycles. The fraction of sp³-hybridized carbons (Fsp3) is 0. The summed E-state index contributed by atoms with van der Waals surface area (Å²) in [6.45, 7) is 0. The Kier molecular flexibility index (Phi) is 3.47. The zero-order valence-electron chi connectivity index (χ0n) is 13.0. The highest BCUT2D eigenvalue weighted by atomic mass is 16.6. The van der Waals surface area contributed by atoms with Crippen LogP contribution < -0.4 is 5.43 Å². The van der Waals surface area contributed by atoms with E-state index >= 15 is 0 Å². The van der Waals surface area contributed by atoms with Crippen LogP contribution in [0.3, 0.4) is 0 Å². The molecule has 0 unspecified atom stereocenters. The van der Waals surface area contributed by atoms with Gasteiger partial charge in [-0.15, -0.1) is 0 Å². The van der Waals surface area contributed by atoms with Gasteiger partial charge in [-0.05, 0) is 18.2 Å². The van der Waals surface area contributed by atoms with Gasteiger partial charge in [0.05, 0.1) is 21.7 Å². The Morgan fingerprint density at radius 3 is 2.12 bits per heavy atom. The van der Waals surface area contributed by atoms with Crippen LogP contribution in [0.5, 0.6) is 0 Å². The Labute approximate surface area is 142 Å². The van der Waals surface area contributed by atoms with Gasteiger partial charge in [0.25, 0.3) is 5.69 Å². The summed E-state index contributed by atoms with van der Waals surface area (Å²) in [7, 11) is 0. The molecule has 0 saturated carbocycles. The topological polar surface area (TPSA) is 73.1 Å². The second-order valence-electron chi connectivity index (χ2n) is 5.63. The summed E-state index contributed by atoms with van der Waals surface area (Å²) in [4.78, 5) is 28.6. The normalized spacial score (nSPS) is 10.9. The average molecular weight is 328 g/mol. The fourth-order valence-corrected chi connectivity index (χ4v) is 3.01. The highest BCUT2D eigenvalue weighted by Crippen LogP contribution is 2.32. The van der Waals surface area contributed by atoms with Crippen molar-refractivity contribution in [2.75, 3.05) is 0 Å². The average Bonchev–Trinajstić information content (AvgIpc) is 2.77. The minimum Gasteiger partial charge on any atom is -0.289 e. The smallest absolute Gasteiger partial charge is 0.278 e. The Hall–Kier alpha value is -3.60. The summed E-state index contributed by atoms with van der Waals surface area (Å²) in [5.74, 6) is 0. The van der Waals surface area contributed by atoms with Crippen molar-refractivity contribution in [2.45, 2.75) is 0 Å². The molecule has 5 heteroatoms. The first-order chi connectivity index (χ1) is 12.2. The number of hydrogen-bond acceptors (Lipinski definition) is 4. The number of benzene rings is 3. The number of rotatable bonds is 2. The minimum atomic E-state index is -0.431. The molecular formula is C20H12N2O3. The lowest BCUT2D eigenvalue weighted by Gasteiger charge is -2.03. The van der Waals surface area contributed by atoms with E-state index in [1.54, 1.807) is 66.7 Å². The van der Waals surface area contributed by atoms with Gasteiger partial charge in [-0.1, -0.05) is 48.5 Å². The Bertz CT molecular complexity index is 1200. The molecule has 1 heterocycles. The molecule has 0 bridgehead atoms. The third-order valence-corrected chi connectivity index (χ3v) is 4.16. The van der Waals surface area contributed by atoms with Gasteiger partial charge in [0.15, 0.2) is 5.43 Å². The molecule has 4 aromatic rings. The molecule has 0 fully saturated rings. The number of fused-ring (bicyclic) bond motifs is 2. The molecule has 0 atom stereocenters. The maximum Gasteiger partial charge on any atom is 0.278 e. The van der Waals surface area contributed by atoms with Crippen LogP contribution in [0, 0.1) is 10.1 Å². The highest BCUT2D eigenvalue weighted by molar-refractivity contribution is 6.00. The molecule has 0 saturated heterocycles. The van der Waals surface area contributed by atoms with Crippen LogP contribution in [0.2, 0.25) is 0 Å². The molecule has 0 radical (unpaired) electrons. The lowest BCUT2D eigenvalue weighted by atomic mass is 10.0. The Balaban J connectivity index is 2.27. The third-order valence-electron chi connectivity index (χ3n) is 4.16. The van der Waals surface area contributed by atoms with E-state index in [1.165, 1.54) is 6.07 Å². The summed E-state index contributed by atoms with van der Waals surface area (Å²) in [5.41, 5.74) is 1.16. The number of nitrogens with zero attached hydrogens (tertiary/aromatic N) is 2. The summed E-state index contributed by atoms with van der Waals surface area (Å²) < 4.78 is 0. The number of nitro groups is 1. The van der Waals surface area contributed by atoms with Gasteiger partial charge >= 0.3 is 0 Å². The van der Waals surface area contributed by atoms with Crippen LogP contribution in [0.25, 0.3) is 32.9 Å². The predicted molar refractivity (Wildman–Crippen MR) is 97.6 cm³/mol. The first-order valence-electron chi connectivity index (χ1n) is 7.72. The molecular weight excluding hydrogens is 316 g/mol. The van der Waals surface area contributed by atoms with Crippen molar-refractivity contribution in [3.05, 3.63) is 93.1 Å². The molecule has 120 valence electrons. The summed E-state index contributed by atoms with van der Waals surface area (Å²) in [5, 5.41) is 13.0. The maximum atomic E-state index is 12.9. The van der Waals surface area contributed by atoms with E-state index in [-0.39, 0.29) is 11.1 Å². The van der Waals surface area contributed by atoms with E-state index < -0.39 is 4.92 Å². The van der Waals surface area contributed by atoms with E-state index in [4.69, 9.17) is 0 Å². The standard InChI is InChI=1S/C20H12N2O3/c23-20-14-8-2-1-7-13(14)19(21-17-11-5-3-9-15(17)20)16-10-4-6-12-18(16)22(24)25/h1-12H. The van der Waals surface area contributed by atoms with E-state index in [0.717, 1.165) is 0 Å². The molecule has 3 aromatic carbocycles. The van der Waals surface area contributed by atoms with Crippen LogP contribution in [0.1, 0.15) is 0 Å². The van der Waals surface area contributed by atoms with Gasteiger partial charge < -0.3 is 0 Å². The SMILES string of the molecule is O=c1c2ccccc2nc(-c2ccccc2[N+](=O)[O-])c2ccccc12. The molecule has 0 aliphatic rings. The van der Waals surface area contributed by atoms with E-state index in [1.807, 2.05) is 0 Å². The fourth-order valence-electron chi connectivity index (χ4n) is 3.01. The van der Waals surface area contributed by atoms with Crippen LogP contribution >= 0.6 is 0 Å². The van der Waals surface area contributed by atoms with Gasteiger partial charge in [-0.25, -0.2) is 4.98 Å². The van der Waals surface area contributed by atoms with Crippen molar-refractivity contribution in [3.63, 3.8) is 0 Å². The Morgan fingerprint density at radius 2 is 1.36 bits per heavy atom. The number of aromatic nitrogens is 1. The molecule has 25 heavy (non-hydrogen) atoms. The lowest BCUT2D eigenvalue weighted by Crippen LogP contribution is -1.97. The van der Waals surface area contributed by atoms with Crippen molar-refractivity contribution in [2.24, 2.45) is 0 Å². The van der Waals surface area contributed by atoms with Crippen molar-refractivity contribution < 1.29 is 4.92 Å². The highest BCUT2D eigenvalue weighted by Gasteiger charge is 2.18. The molecule has 5 nitrogen and oxygen atoms in total. The van der Waals surface area contributed by atoms with Crippen LogP contribution in [0.15, 0.2) is 77.6 Å². The second kappa shape index (κ2) is 5.79. The zero-order chi connectivity index (χ0) is 17.4. The van der Waals surface area contributed by atoms with E-state index in [9.17, 15) is 14.9 Å². The number of para-hydroxylation sites is 2. The molecule has 0 aliphatic carbocycles. The monoisotopic (exact) mass is 328 g/mol. The van der Waals surface area contributed by atoms with Crippen LogP contribution in [-0.4, -0.2) is 9.91 Å². The summed E-state index contributed by atoms with van der Waals surface area (Å²) in [6.07, 6.45) is 0.